The van der Waals surface area contributed by atoms with Gasteiger partial charge in [0.1, 0.15) is 6.61 Å². The molecule has 1 unspecified atom stereocenters. The van der Waals surface area contributed by atoms with Gasteiger partial charge in [0.2, 0.25) is 11.8 Å². The smallest absolute Gasteiger partial charge is 0.225 e. The molecule has 1 atom stereocenters. The van der Waals surface area contributed by atoms with Crippen molar-refractivity contribution in [3.8, 4) is 11.5 Å². The summed E-state index contributed by atoms with van der Waals surface area (Å²) in [5.74, 6) is 1.15. The first-order valence-corrected chi connectivity index (χ1v) is 8.77. The van der Waals surface area contributed by atoms with Gasteiger partial charge in [-0.25, -0.2) is 0 Å². The Bertz CT molecular complexity index is 965. The average molecular weight is 364 g/mol. The number of hydrogen-bond donors (Lipinski definition) is 2. The number of ether oxygens (including phenoxy) is 2. The monoisotopic (exact) mass is 364 g/mol. The predicted molar refractivity (Wildman–Crippen MR) is 103 cm³/mol. The van der Waals surface area contributed by atoms with Crippen LogP contribution in [0.2, 0.25) is 0 Å². The molecule has 0 fully saturated rings. The van der Waals surface area contributed by atoms with E-state index in [1.54, 1.807) is 13.2 Å². The van der Waals surface area contributed by atoms with Crippen molar-refractivity contribution in [1.82, 2.24) is 0 Å². The topological polar surface area (TPSA) is 76.7 Å². The highest BCUT2D eigenvalue weighted by Crippen LogP contribution is 2.43. The molecular formula is C21H20N2O4. The van der Waals surface area contributed by atoms with Gasteiger partial charge in [0.15, 0.2) is 11.5 Å². The van der Waals surface area contributed by atoms with Gasteiger partial charge in [-0.3, -0.25) is 9.59 Å². The van der Waals surface area contributed by atoms with Crippen LogP contribution in [-0.4, -0.2) is 25.5 Å². The largest absolute Gasteiger partial charge is 0.493 e. The van der Waals surface area contributed by atoms with Crippen LogP contribution < -0.4 is 20.1 Å². The zero-order valence-electron chi connectivity index (χ0n) is 15.2. The minimum atomic E-state index is -0.150. The fourth-order valence-corrected chi connectivity index (χ4v) is 3.64. The van der Waals surface area contributed by atoms with Crippen LogP contribution in [0, 0.1) is 0 Å². The van der Waals surface area contributed by atoms with Gasteiger partial charge in [-0.15, -0.1) is 0 Å². The van der Waals surface area contributed by atoms with E-state index in [4.69, 9.17) is 9.47 Å². The van der Waals surface area contributed by atoms with E-state index in [1.165, 1.54) is 6.92 Å². The summed E-state index contributed by atoms with van der Waals surface area (Å²) in [5.41, 5.74) is 4.38. The Morgan fingerprint density at radius 1 is 1.30 bits per heavy atom. The summed E-state index contributed by atoms with van der Waals surface area (Å²) in [4.78, 5) is 23.6. The SMILES string of the molecule is COc1cccc2c1OCC(C1CC(=O)Nc3cc(NC(C)=O)ccc31)=C2. The van der Waals surface area contributed by atoms with Crippen molar-refractivity contribution in [1.29, 1.82) is 0 Å². The molecule has 2 aromatic rings. The number of nitrogens with one attached hydrogen (secondary N) is 2. The molecule has 27 heavy (non-hydrogen) atoms. The molecule has 0 saturated carbocycles. The van der Waals surface area contributed by atoms with E-state index >= 15 is 0 Å². The molecule has 0 aliphatic carbocycles. The number of methoxy groups -OCH3 is 1. The van der Waals surface area contributed by atoms with Crippen LogP contribution in [-0.2, 0) is 9.59 Å². The fraction of sp³-hybridized carbons (Fsp3) is 0.238. The number of fused-ring (bicyclic) bond motifs is 2. The quantitative estimate of drug-likeness (QED) is 0.873. The van der Waals surface area contributed by atoms with Gasteiger partial charge in [0.25, 0.3) is 0 Å². The van der Waals surface area contributed by atoms with Crippen LogP contribution in [0.25, 0.3) is 6.08 Å². The standard InChI is InChI=1S/C21H20N2O4/c1-12(24)22-15-6-7-16-17(10-20(25)23-18(16)9-15)14-8-13-4-3-5-19(26-2)21(13)27-11-14/h3-9,17H,10-11H2,1-2H3,(H,22,24)(H,23,25). The number of amides is 2. The summed E-state index contributed by atoms with van der Waals surface area (Å²) in [6.07, 6.45) is 2.44. The minimum Gasteiger partial charge on any atom is -0.493 e. The molecule has 2 heterocycles. The normalized spacial score (nSPS) is 17.6. The van der Waals surface area contributed by atoms with Crippen molar-refractivity contribution in [2.24, 2.45) is 0 Å². The fourth-order valence-electron chi connectivity index (χ4n) is 3.64. The summed E-state index contributed by atoms with van der Waals surface area (Å²) in [6.45, 7) is 1.86. The molecule has 6 nitrogen and oxygen atoms in total. The van der Waals surface area contributed by atoms with E-state index in [2.05, 4.69) is 16.7 Å². The molecule has 138 valence electrons. The molecule has 2 N–H and O–H groups in total. The zero-order chi connectivity index (χ0) is 19.0. The van der Waals surface area contributed by atoms with E-state index in [1.807, 2.05) is 30.3 Å². The van der Waals surface area contributed by atoms with Crippen molar-refractivity contribution in [3.63, 3.8) is 0 Å². The lowest BCUT2D eigenvalue weighted by Crippen LogP contribution is -2.26. The lowest BCUT2D eigenvalue weighted by Gasteiger charge is -2.30. The molecule has 2 aliphatic rings. The van der Waals surface area contributed by atoms with Crippen LogP contribution in [0.4, 0.5) is 11.4 Å². The number of carbonyl (C=O) groups is 2. The van der Waals surface area contributed by atoms with Gasteiger partial charge in [0.05, 0.1) is 7.11 Å². The Morgan fingerprint density at radius 2 is 2.15 bits per heavy atom. The van der Waals surface area contributed by atoms with E-state index in [-0.39, 0.29) is 17.7 Å². The molecule has 2 aromatic carbocycles. The van der Waals surface area contributed by atoms with Gasteiger partial charge < -0.3 is 20.1 Å². The van der Waals surface area contributed by atoms with Gasteiger partial charge in [-0.05, 0) is 35.4 Å². The summed E-state index contributed by atoms with van der Waals surface area (Å²) < 4.78 is 11.3. The van der Waals surface area contributed by atoms with Crippen molar-refractivity contribution < 1.29 is 19.1 Å². The molecule has 0 spiro atoms. The van der Waals surface area contributed by atoms with Crippen molar-refractivity contribution in [2.45, 2.75) is 19.3 Å². The van der Waals surface area contributed by atoms with Crippen molar-refractivity contribution >= 4 is 29.3 Å². The molecular weight excluding hydrogens is 344 g/mol. The maximum absolute atomic E-state index is 12.3. The highest BCUT2D eigenvalue weighted by atomic mass is 16.5. The Morgan fingerprint density at radius 3 is 2.93 bits per heavy atom. The lowest BCUT2D eigenvalue weighted by molar-refractivity contribution is -0.116. The Kier molecular flexibility index (Phi) is 4.32. The molecule has 6 heteroatoms. The van der Waals surface area contributed by atoms with Crippen LogP contribution in [0.15, 0.2) is 42.0 Å². The second-order valence-electron chi connectivity index (χ2n) is 6.67. The summed E-state index contributed by atoms with van der Waals surface area (Å²) in [5, 5.41) is 5.65. The van der Waals surface area contributed by atoms with Gasteiger partial charge in [-0.1, -0.05) is 18.2 Å². The number of hydrogen-bond acceptors (Lipinski definition) is 4. The first-order valence-electron chi connectivity index (χ1n) is 8.77. The minimum absolute atomic E-state index is 0.0511. The summed E-state index contributed by atoms with van der Waals surface area (Å²) in [6, 6.07) is 11.4. The third-order valence-electron chi connectivity index (χ3n) is 4.81. The first kappa shape index (κ1) is 17.1. The molecule has 2 aliphatic heterocycles. The highest BCUT2D eigenvalue weighted by Gasteiger charge is 2.30. The average Bonchev–Trinajstić information content (AvgIpc) is 2.65. The second kappa shape index (κ2) is 6.79. The van der Waals surface area contributed by atoms with Gasteiger partial charge in [-0.2, -0.15) is 0 Å². The van der Waals surface area contributed by atoms with E-state index in [0.29, 0.717) is 24.5 Å². The Hall–Kier alpha value is -3.28. The lowest BCUT2D eigenvalue weighted by atomic mass is 9.83. The summed E-state index contributed by atoms with van der Waals surface area (Å²) in [7, 11) is 1.62. The maximum Gasteiger partial charge on any atom is 0.225 e. The van der Waals surface area contributed by atoms with Crippen molar-refractivity contribution in [2.75, 3.05) is 24.4 Å². The van der Waals surface area contributed by atoms with Crippen LogP contribution in [0.5, 0.6) is 11.5 Å². The van der Waals surface area contributed by atoms with E-state index < -0.39 is 0 Å². The predicted octanol–water partition coefficient (Wildman–Crippen LogP) is 3.56. The first-order chi connectivity index (χ1) is 13.0. The highest BCUT2D eigenvalue weighted by molar-refractivity contribution is 5.97. The zero-order valence-corrected chi connectivity index (χ0v) is 15.2. The third kappa shape index (κ3) is 3.26. The number of rotatable bonds is 3. The molecule has 0 bridgehead atoms. The number of carbonyl (C=O) groups excluding carboxylic acids is 2. The van der Waals surface area contributed by atoms with Crippen LogP contribution in [0.1, 0.15) is 30.4 Å². The molecule has 0 saturated heterocycles. The molecule has 0 aromatic heterocycles. The summed E-state index contributed by atoms with van der Waals surface area (Å²) >= 11 is 0. The number of benzene rings is 2. The third-order valence-corrected chi connectivity index (χ3v) is 4.81. The van der Waals surface area contributed by atoms with Crippen LogP contribution in [0.3, 0.4) is 0 Å². The molecule has 4 rings (SSSR count). The number of para-hydroxylation sites is 1. The van der Waals surface area contributed by atoms with Gasteiger partial charge >= 0.3 is 0 Å². The van der Waals surface area contributed by atoms with Crippen molar-refractivity contribution in [3.05, 3.63) is 53.1 Å². The van der Waals surface area contributed by atoms with Gasteiger partial charge in [0, 0.05) is 36.2 Å². The maximum atomic E-state index is 12.3. The van der Waals surface area contributed by atoms with Crippen LogP contribution >= 0.6 is 0 Å². The molecule has 2 amide bonds. The Labute approximate surface area is 157 Å². The number of anilines is 2. The Balaban J connectivity index is 1.72. The second-order valence-corrected chi connectivity index (χ2v) is 6.67. The van der Waals surface area contributed by atoms with E-state index in [9.17, 15) is 9.59 Å². The van der Waals surface area contributed by atoms with E-state index in [0.717, 1.165) is 28.1 Å². The molecule has 0 radical (unpaired) electrons.